The van der Waals surface area contributed by atoms with Crippen LogP contribution >= 0.6 is 22.7 Å². The van der Waals surface area contributed by atoms with E-state index in [1.165, 1.54) is 31.3 Å². The van der Waals surface area contributed by atoms with Crippen molar-refractivity contribution in [3.63, 3.8) is 0 Å². The second-order valence-electron chi connectivity index (χ2n) is 8.50. The van der Waals surface area contributed by atoms with Gasteiger partial charge in [0.15, 0.2) is 0 Å². The maximum atomic E-state index is 13.5. The zero-order valence-corrected chi connectivity index (χ0v) is 20.1. The molecule has 0 spiro atoms. The van der Waals surface area contributed by atoms with E-state index in [2.05, 4.69) is 81.3 Å². The van der Waals surface area contributed by atoms with Crippen molar-refractivity contribution >= 4 is 39.6 Å². The Balaban J connectivity index is 1.32. The van der Waals surface area contributed by atoms with Crippen molar-refractivity contribution in [1.82, 2.24) is 15.3 Å². The van der Waals surface area contributed by atoms with Crippen molar-refractivity contribution in [3.8, 4) is 31.3 Å². The third-order valence-corrected chi connectivity index (χ3v) is 8.75. The van der Waals surface area contributed by atoms with Gasteiger partial charge in [-0.25, -0.2) is 4.98 Å². The Morgan fingerprint density at radius 3 is 2.60 bits per heavy atom. The molecule has 1 unspecified atom stereocenters. The van der Waals surface area contributed by atoms with E-state index >= 15 is 0 Å². The summed E-state index contributed by atoms with van der Waals surface area (Å²) in [5.74, 6) is -0.105. The zero-order chi connectivity index (χ0) is 23.4. The first kappa shape index (κ1) is 20.4. The number of hydrogen-bond acceptors (Lipinski definition) is 4. The normalized spacial score (nSPS) is 14.1. The van der Waals surface area contributed by atoms with Gasteiger partial charge in [0, 0.05) is 32.4 Å². The molecule has 1 aliphatic carbocycles. The second-order valence-corrected chi connectivity index (χ2v) is 10.5. The third-order valence-electron chi connectivity index (χ3n) is 6.56. The smallest absolute Gasteiger partial charge is 0.252 e. The molecule has 35 heavy (non-hydrogen) atoms. The highest BCUT2D eigenvalue weighted by Crippen LogP contribution is 2.49. The van der Waals surface area contributed by atoms with Crippen LogP contribution in [0, 0.1) is 0 Å². The molecule has 2 aromatic carbocycles. The average Bonchev–Trinajstić information content (AvgIpc) is 3.70. The lowest BCUT2D eigenvalue weighted by molar-refractivity contribution is 0.0945. The Morgan fingerprint density at radius 2 is 1.69 bits per heavy atom. The van der Waals surface area contributed by atoms with Crippen LogP contribution in [0.4, 0.5) is 0 Å². The number of rotatable bonds is 4. The fraction of sp³-hybridized carbons (Fsp3) is 0.0345. The number of carbonyl (C=O) groups excluding carboxylic acids is 1. The summed E-state index contributed by atoms with van der Waals surface area (Å²) in [5, 5.41) is 6.26. The third kappa shape index (κ3) is 3.26. The summed E-state index contributed by atoms with van der Waals surface area (Å²) in [6, 6.07) is 26.9. The number of nitrogens with one attached hydrogen (secondary N) is 2. The Bertz CT molecular complexity index is 1710. The number of nitrogens with zero attached hydrogens (tertiary/aromatic N) is 1. The van der Waals surface area contributed by atoms with Gasteiger partial charge in [0.05, 0.1) is 11.6 Å². The van der Waals surface area contributed by atoms with Gasteiger partial charge in [-0.1, -0.05) is 48.5 Å². The lowest BCUT2D eigenvalue weighted by Crippen LogP contribution is -2.28. The lowest BCUT2D eigenvalue weighted by atomic mass is 9.98. The summed E-state index contributed by atoms with van der Waals surface area (Å²) < 4.78 is 0. The minimum atomic E-state index is -0.215. The molecule has 0 aliphatic heterocycles. The fourth-order valence-corrected chi connectivity index (χ4v) is 6.89. The van der Waals surface area contributed by atoms with Crippen LogP contribution < -0.4 is 5.32 Å². The predicted molar refractivity (Wildman–Crippen MR) is 144 cm³/mol. The number of aromatic nitrogens is 2. The van der Waals surface area contributed by atoms with E-state index in [9.17, 15) is 4.79 Å². The van der Waals surface area contributed by atoms with Gasteiger partial charge in [0.1, 0.15) is 5.65 Å². The number of carbonyl (C=O) groups is 1. The molecule has 0 saturated carbocycles. The maximum absolute atomic E-state index is 13.5. The molecule has 1 atom stereocenters. The number of pyridine rings is 1. The van der Waals surface area contributed by atoms with Crippen molar-refractivity contribution in [3.05, 3.63) is 113 Å². The molecular formula is C29H19N3OS2. The van der Waals surface area contributed by atoms with Gasteiger partial charge in [-0.15, -0.1) is 22.7 Å². The van der Waals surface area contributed by atoms with Crippen molar-refractivity contribution in [2.45, 2.75) is 6.04 Å². The van der Waals surface area contributed by atoms with Gasteiger partial charge in [0.25, 0.3) is 5.91 Å². The van der Waals surface area contributed by atoms with Gasteiger partial charge < -0.3 is 10.3 Å². The molecule has 168 valence electrons. The zero-order valence-electron chi connectivity index (χ0n) is 18.5. The van der Waals surface area contributed by atoms with Crippen molar-refractivity contribution in [1.29, 1.82) is 0 Å². The first-order valence-corrected chi connectivity index (χ1v) is 13.1. The summed E-state index contributed by atoms with van der Waals surface area (Å²) in [4.78, 5) is 24.7. The Hall–Kier alpha value is -4.00. The molecule has 0 saturated heterocycles. The molecule has 7 rings (SSSR count). The van der Waals surface area contributed by atoms with Crippen LogP contribution in [0.3, 0.4) is 0 Å². The Labute approximate surface area is 209 Å². The number of benzene rings is 2. The quantitative estimate of drug-likeness (QED) is 0.269. The van der Waals surface area contributed by atoms with Gasteiger partial charge in [0.2, 0.25) is 0 Å². The number of fused-ring (bicyclic) bond motifs is 4. The summed E-state index contributed by atoms with van der Waals surface area (Å²) in [7, 11) is 0. The minimum Gasteiger partial charge on any atom is -0.346 e. The number of aromatic amines is 1. The summed E-state index contributed by atoms with van der Waals surface area (Å²) in [5.41, 5.74) is 7.17. The van der Waals surface area contributed by atoms with Crippen molar-refractivity contribution in [2.75, 3.05) is 0 Å². The molecule has 4 nitrogen and oxygen atoms in total. The molecule has 1 aliphatic rings. The van der Waals surface area contributed by atoms with E-state index in [4.69, 9.17) is 0 Å². The highest BCUT2D eigenvalue weighted by molar-refractivity contribution is 7.23. The molecule has 1 amide bonds. The molecule has 4 aromatic heterocycles. The van der Waals surface area contributed by atoms with E-state index in [-0.39, 0.29) is 11.9 Å². The van der Waals surface area contributed by atoms with Gasteiger partial charge >= 0.3 is 0 Å². The summed E-state index contributed by atoms with van der Waals surface area (Å²) in [6.45, 7) is 0. The molecule has 0 bridgehead atoms. The minimum absolute atomic E-state index is 0.105. The number of H-pyrrole nitrogens is 1. The van der Waals surface area contributed by atoms with Gasteiger partial charge in [-0.05, 0) is 63.5 Å². The predicted octanol–water partition coefficient (Wildman–Crippen LogP) is 7.52. The Morgan fingerprint density at radius 1 is 0.829 bits per heavy atom. The standard InChI is InChI=1S/C29H19N3OS2/c33-29(20-13-15-31-28-19(20)12-14-30-28)32-27-18-6-2-1-5-17(18)26-21(7-3-8-22(26)27)23-10-11-25(35-23)24-9-4-16-34-24/h1-16,27H,(H,30,31)(H,32,33). The van der Waals surface area contributed by atoms with Crippen LogP contribution in [0.1, 0.15) is 27.5 Å². The molecular weight excluding hydrogens is 470 g/mol. The summed E-state index contributed by atoms with van der Waals surface area (Å²) >= 11 is 3.57. The molecule has 4 heterocycles. The van der Waals surface area contributed by atoms with E-state index in [1.54, 1.807) is 23.6 Å². The highest BCUT2D eigenvalue weighted by atomic mass is 32.1. The van der Waals surface area contributed by atoms with Gasteiger partial charge in [-0.3, -0.25) is 4.79 Å². The van der Waals surface area contributed by atoms with E-state index in [0.29, 0.717) is 11.2 Å². The Kier molecular flexibility index (Phi) is 4.68. The van der Waals surface area contributed by atoms with Crippen LogP contribution in [0.2, 0.25) is 0 Å². The average molecular weight is 490 g/mol. The van der Waals surface area contributed by atoms with Crippen LogP contribution in [0.15, 0.2) is 96.6 Å². The lowest BCUT2D eigenvalue weighted by Gasteiger charge is -2.17. The molecule has 6 aromatic rings. The van der Waals surface area contributed by atoms with Crippen LogP contribution in [0.25, 0.3) is 42.4 Å². The SMILES string of the molecule is O=C(NC1c2ccccc2-c2c(-c3ccc(-c4cccs4)s3)cccc21)c1ccnc2[nH]ccc12. The summed E-state index contributed by atoms with van der Waals surface area (Å²) in [6.07, 6.45) is 3.48. The first-order valence-electron chi connectivity index (χ1n) is 11.4. The largest absolute Gasteiger partial charge is 0.346 e. The van der Waals surface area contributed by atoms with Crippen LogP contribution in [-0.4, -0.2) is 15.9 Å². The van der Waals surface area contributed by atoms with Crippen molar-refractivity contribution < 1.29 is 4.79 Å². The number of hydrogen-bond donors (Lipinski definition) is 2. The second kappa shape index (κ2) is 8.05. The molecule has 0 fully saturated rings. The molecule has 2 N–H and O–H groups in total. The fourth-order valence-electron chi connectivity index (χ4n) is 5.02. The number of thiophene rings is 2. The molecule has 0 radical (unpaired) electrons. The highest BCUT2D eigenvalue weighted by Gasteiger charge is 2.32. The van der Waals surface area contributed by atoms with E-state index in [0.717, 1.165) is 16.5 Å². The van der Waals surface area contributed by atoms with Gasteiger partial charge in [-0.2, -0.15) is 0 Å². The number of amides is 1. The van der Waals surface area contributed by atoms with Crippen LogP contribution in [0.5, 0.6) is 0 Å². The maximum Gasteiger partial charge on any atom is 0.252 e. The van der Waals surface area contributed by atoms with Crippen LogP contribution in [-0.2, 0) is 0 Å². The van der Waals surface area contributed by atoms with Crippen molar-refractivity contribution in [2.24, 2.45) is 0 Å². The topological polar surface area (TPSA) is 57.8 Å². The van der Waals surface area contributed by atoms with E-state index in [1.807, 2.05) is 29.7 Å². The molecule has 6 heteroatoms. The first-order chi connectivity index (χ1) is 17.3. The monoisotopic (exact) mass is 489 g/mol. The van der Waals surface area contributed by atoms with E-state index < -0.39 is 0 Å².